The molecular formula is C19H26N6O2S. The summed E-state index contributed by atoms with van der Waals surface area (Å²) in [5, 5.41) is 24.8. The van der Waals surface area contributed by atoms with Crippen LogP contribution in [0.4, 0.5) is 5.13 Å². The topological polar surface area (TPSA) is 96.2 Å². The first-order chi connectivity index (χ1) is 13.6. The lowest BCUT2D eigenvalue weighted by Gasteiger charge is -2.49. The van der Waals surface area contributed by atoms with Crippen LogP contribution in [0.15, 0.2) is 17.8 Å². The number of thiazole rings is 1. The second kappa shape index (κ2) is 7.20. The normalized spacial score (nSPS) is 31.2. The SMILES string of the molecule is O=C(Nc1nccs1)[C@H]1CN2CCC1C[C@@H]2Cn1cc(C2(O)CCCC2)nn1. The summed E-state index contributed by atoms with van der Waals surface area (Å²) in [5.74, 6) is 0.519. The van der Waals surface area contributed by atoms with Gasteiger partial charge in [0.2, 0.25) is 5.91 Å². The lowest BCUT2D eigenvalue weighted by molar-refractivity contribution is -0.127. The standard InChI is InChI=1S/C19H26N6O2S/c26-17(21-18-20-6-8-28-18)15-11-24-7-3-13(15)9-14(24)10-25-12-16(22-23-25)19(27)4-1-2-5-19/h6,8,12-15,27H,1-5,7,9-11H2,(H,20,21,26)/t13?,14-,15+/m1/s1. The molecule has 2 aromatic rings. The van der Waals surface area contributed by atoms with Crippen molar-refractivity contribution in [1.82, 2.24) is 24.9 Å². The van der Waals surface area contributed by atoms with E-state index in [1.54, 1.807) is 6.20 Å². The molecule has 4 aliphatic rings. The van der Waals surface area contributed by atoms with Gasteiger partial charge in [-0.15, -0.1) is 16.4 Å². The van der Waals surface area contributed by atoms with Gasteiger partial charge in [0, 0.05) is 24.2 Å². The van der Waals surface area contributed by atoms with Crippen molar-refractivity contribution in [3.05, 3.63) is 23.5 Å². The van der Waals surface area contributed by atoms with E-state index in [-0.39, 0.29) is 11.8 Å². The molecular weight excluding hydrogens is 376 g/mol. The van der Waals surface area contributed by atoms with E-state index in [4.69, 9.17) is 0 Å². The molecule has 1 aliphatic carbocycles. The van der Waals surface area contributed by atoms with Crippen molar-refractivity contribution in [3.8, 4) is 0 Å². The number of nitrogens with one attached hydrogen (secondary N) is 1. The highest BCUT2D eigenvalue weighted by Crippen LogP contribution is 2.39. The Morgan fingerprint density at radius 3 is 2.96 bits per heavy atom. The van der Waals surface area contributed by atoms with Gasteiger partial charge in [0.25, 0.3) is 0 Å². The minimum Gasteiger partial charge on any atom is -0.383 e. The quantitative estimate of drug-likeness (QED) is 0.792. The van der Waals surface area contributed by atoms with Crippen molar-refractivity contribution in [2.45, 2.75) is 56.7 Å². The van der Waals surface area contributed by atoms with Gasteiger partial charge in [-0.2, -0.15) is 0 Å². The minimum atomic E-state index is -0.789. The summed E-state index contributed by atoms with van der Waals surface area (Å²) in [5.41, 5.74) is -0.0787. The van der Waals surface area contributed by atoms with E-state index >= 15 is 0 Å². The third kappa shape index (κ3) is 3.35. The number of aliphatic hydroxyl groups is 1. The van der Waals surface area contributed by atoms with E-state index < -0.39 is 5.60 Å². The average Bonchev–Trinajstić information content (AvgIpc) is 3.45. The van der Waals surface area contributed by atoms with Crippen LogP contribution in [0, 0.1) is 11.8 Å². The number of carbonyl (C=O) groups is 1. The Bertz CT molecular complexity index is 831. The van der Waals surface area contributed by atoms with Crippen molar-refractivity contribution in [2.75, 3.05) is 18.4 Å². The number of amides is 1. The molecule has 2 N–H and O–H groups in total. The van der Waals surface area contributed by atoms with Crippen LogP contribution in [-0.2, 0) is 16.9 Å². The van der Waals surface area contributed by atoms with Gasteiger partial charge in [-0.1, -0.05) is 18.1 Å². The molecule has 4 fully saturated rings. The van der Waals surface area contributed by atoms with Gasteiger partial charge in [0.05, 0.1) is 18.7 Å². The lowest BCUT2D eigenvalue weighted by Crippen LogP contribution is -2.57. The minimum absolute atomic E-state index is 0.0272. The third-order valence-electron chi connectivity index (χ3n) is 6.72. The van der Waals surface area contributed by atoms with E-state index in [0.29, 0.717) is 22.8 Å². The van der Waals surface area contributed by atoms with E-state index in [9.17, 15) is 9.90 Å². The van der Waals surface area contributed by atoms with Crippen molar-refractivity contribution in [1.29, 1.82) is 0 Å². The predicted molar refractivity (Wildman–Crippen MR) is 105 cm³/mol. The third-order valence-corrected chi connectivity index (χ3v) is 7.41. The van der Waals surface area contributed by atoms with Crippen LogP contribution in [0.2, 0.25) is 0 Å². The van der Waals surface area contributed by atoms with Crippen LogP contribution >= 0.6 is 11.3 Å². The molecule has 6 rings (SSSR count). The second-order valence-corrected chi connectivity index (χ2v) is 9.33. The summed E-state index contributed by atoms with van der Waals surface area (Å²) in [6.45, 7) is 2.58. The van der Waals surface area contributed by atoms with Crippen LogP contribution in [-0.4, -0.2) is 55.0 Å². The molecule has 1 amide bonds. The maximum atomic E-state index is 12.7. The van der Waals surface area contributed by atoms with Crippen LogP contribution in [0.3, 0.4) is 0 Å². The molecule has 28 heavy (non-hydrogen) atoms. The predicted octanol–water partition coefficient (Wildman–Crippen LogP) is 1.85. The van der Waals surface area contributed by atoms with Crippen LogP contribution in [0.5, 0.6) is 0 Å². The first-order valence-electron chi connectivity index (χ1n) is 10.2. The van der Waals surface area contributed by atoms with Gasteiger partial charge in [0.1, 0.15) is 11.3 Å². The number of hydrogen-bond donors (Lipinski definition) is 2. The largest absolute Gasteiger partial charge is 0.383 e. The zero-order valence-electron chi connectivity index (χ0n) is 15.8. The van der Waals surface area contributed by atoms with E-state index in [0.717, 1.165) is 58.2 Å². The van der Waals surface area contributed by atoms with Gasteiger partial charge >= 0.3 is 0 Å². The fraction of sp³-hybridized carbons (Fsp3) is 0.684. The van der Waals surface area contributed by atoms with Crippen molar-refractivity contribution < 1.29 is 9.90 Å². The highest BCUT2D eigenvalue weighted by molar-refractivity contribution is 7.13. The van der Waals surface area contributed by atoms with Crippen molar-refractivity contribution in [2.24, 2.45) is 11.8 Å². The fourth-order valence-electron chi connectivity index (χ4n) is 5.14. The number of piperidine rings is 3. The first-order valence-corrected chi connectivity index (χ1v) is 11.1. The summed E-state index contributed by atoms with van der Waals surface area (Å²) < 4.78 is 1.88. The Balaban J connectivity index is 1.22. The molecule has 3 aliphatic heterocycles. The van der Waals surface area contributed by atoms with Crippen molar-refractivity contribution >= 4 is 22.4 Å². The molecule has 4 atom stereocenters. The molecule has 9 heteroatoms. The van der Waals surface area contributed by atoms with E-state index in [1.165, 1.54) is 11.3 Å². The number of aromatic nitrogens is 4. The van der Waals surface area contributed by atoms with Gasteiger partial charge < -0.3 is 10.4 Å². The second-order valence-electron chi connectivity index (χ2n) is 8.43. The number of rotatable bonds is 5. The highest BCUT2D eigenvalue weighted by atomic mass is 32.1. The Morgan fingerprint density at radius 1 is 1.39 bits per heavy atom. The number of hydrogen-bond acceptors (Lipinski definition) is 7. The molecule has 2 bridgehead atoms. The fourth-order valence-corrected chi connectivity index (χ4v) is 5.67. The smallest absolute Gasteiger partial charge is 0.230 e. The maximum absolute atomic E-state index is 12.7. The summed E-state index contributed by atoms with van der Waals surface area (Å²) in [7, 11) is 0. The van der Waals surface area contributed by atoms with E-state index in [1.807, 2.05) is 16.3 Å². The van der Waals surface area contributed by atoms with Gasteiger partial charge in [-0.05, 0) is 38.1 Å². The summed E-state index contributed by atoms with van der Waals surface area (Å²) in [6, 6.07) is 0.371. The zero-order valence-corrected chi connectivity index (χ0v) is 16.6. The summed E-state index contributed by atoms with van der Waals surface area (Å²) >= 11 is 1.45. The van der Waals surface area contributed by atoms with Gasteiger partial charge in [0.15, 0.2) is 5.13 Å². The van der Waals surface area contributed by atoms with Crippen LogP contribution < -0.4 is 5.32 Å². The lowest BCUT2D eigenvalue weighted by atomic mass is 9.75. The number of nitrogens with zero attached hydrogens (tertiary/aromatic N) is 5. The van der Waals surface area contributed by atoms with E-state index in [2.05, 4.69) is 25.5 Å². The Morgan fingerprint density at radius 2 is 2.25 bits per heavy atom. The van der Waals surface area contributed by atoms with Gasteiger partial charge in [-0.25, -0.2) is 4.98 Å². The molecule has 1 saturated carbocycles. The van der Waals surface area contributed by atoms with Gasteiger partial charge in [-0.3, -0.25) is 14.4 Å². The summed E-state index contributed by atoms with van der Waals surface area (Å²) in [6.07, 6.45) is 9.34. The average molecular weight is 403 g/mol. The Labute approximate surface area is 168 Å². The molecule has 3 saturated heterocycles. The molecule has 0 spiro atoms. The monoisotopic (exact) mass is 402 g/mol. The molecule has 0 aromatic carbocycles. The van der Waals surface area contributed by atoms with Crippen molar-refractivity contribution in [3.63, 3.8) is 0 Å². The summed E-state index contributed by atoms with van der Waals surface area (Å²) in [4.78, 5) is 19.3. The molecule has 8 nitrogen and oxygen atoms in total. The maximum Gasteiger partial charge on any atom is 0.230 e. The molecule has 0 radical (unpaired) electrons. The number of anilines is 1. The van der Waals surface area contributed by atoms with Crippen LogP contribution in [0.25, 0.3) is 0 Å². The highest BCUT2D eigenvalue weighted by Gasteiger charge is 2.43. The molecule has 5 heterocycles. The number of carbonyl (C=O) groups excluding carboxylic acids is 1. The van der Waals surface area contributed by atoms with Crippen LogP contribution in [0.1, 0.15) is 44.2 Å². The Hall–Kier alpha value is -1.84. The molecule has 150 valence electrons. The molecule has 2 aromatic heterocycles. The first kappa shape index (κ1) is 18.2. The Kier molecular flexibility index (Phi) is 4.68. The molecule has 2 unspecified atom stereocenters. The zero-order chi connectivity index (χ0) is 19.1. The number of fused-ring (bicyclic) bond motifs is 3.